The van der Waals surface area contributed by atoms with Crippen molar-refractivity contribution in [2.75, 3.05) is 13.2 Å². The van der Waals surface area contributed by atoms with Crippen molar-refractivity contribution < 1.29 is 15.1 Å². The van der Waals surface area contributed by atoms with E-state index in [9.17, 15) is 0 Å². The predicted octanol–water partition coefficient (Wildman–Crippen LogP) is 2.61. The molecule has 4 nitrogen and oxygen atoms in total. The van der Waals surface area contributed by atoms with Crippen molar-refractivity contribution >= 4 is 0 Å². The van der Waals surface area contributed by atoms with Gasteiger partial charge in [0.05, 0.1) is 17.2 Å². The summed E-state index contributed by atoms with van der Waals surface area (Å²) in [7, 11) is 0. The summed E-state index contributed by atoms with van der Waals surface area (Å²) in [6.07, 6.45) is 6.79. The normalized spacial score (nSPS) is 23.1. The zero-order valence-corrected chi connectivity index (χ0v) is 13.7. The third-order valence-electron chi connectivity index (χ3n) is 5.45. The van der Waals surface area contributed by atoms with E-state index in [1.54, 1.807) is 0 Å². The highest BCUT2D eigenvalue weighted by molar-refractivity contribution is 5.03. The molecule has 3 N–H and O–H groups in total. The maximum atomic E-state index is 8.91. The molecule has 1 saturated heterocycles. The van der Waals surface area contributed by atoms with Gasteiger partial charge < -0.3 is 15.1 Å². The van der Waals surface area contributed by atoms with E-state index in [0.29, 0.717) is 13.0 Å². The van der Waals surface area contributed by atoms with Crippen molar-refractivity contribution in [3.63, 3.8) is 0 Å². The van der Waals surface area contributed by atoms with Gasteiger partial charge in [-0.25, -0.2) is 0 Å². The Morgan fingerprint density at radius 2 is 1.50 bits per heavy atom. The molecule has 0 atom stereocenters. The number of aliphatic hydroxyl groups is 1. The molecule has 0 unspecified atom stereocenters. The Hall–Kier alpha value is -0.160. The van der Waals surface area contributed by atoms with Gasteiger partial charge >= 0.3 is 0 Å². The fraction of sp³-hybridized carbons (Fsp3) is 1.00. The Bertz CT molecular complexity index is 253. The second-order valence-electron chi connectivity index (χ2n) is 6.18. The molecule has 0 aromatic carbocycles. The van der Waals surface area contributed by atoms with Crippen LogP contribution in [0.4, 0.5) is 0 Å². The van der Waals surface area contributed by atoms with E-state index in [1.807, 2.05) is 5.06 Å². The highest BCUT2D eigenvalue weighted by Gasteiger charge is 2.54. The summed E-state index contributed by atoms with van der Waals surface area (Å²) in [6.45, 7) is 9.59. The first-order chi connectivity index (χ1) is 9.54. The van der Waals surface area contributed by atoms with Crippen LogP contribution >= 0.6 is 0 Å². The van der Waals surface area contributed by atoms with Crippen LogP contribution in [0.1, 0.15) is 72.6 Å². The average molecular weight is 288 g/mol. The summed E-state index contributed by atoms with van der Waals surface area (Å²) in [6, 6.07) is 0. The second kappa shape index (κ2) is 7.74. The Labute approximate surface area is 124 Å². The van der Waals surface area contributed by atoms with E-state index in [4.69, 9.17) is 15.1 Å². The van der Waals surface area contributed by atoms with Gasteiger partial charge in [0.15, 0.2) is 0 Å². The number of aliphatic hydroxyl groups excluding tert-OH is 1. The van der Waals surface area contributed by atoms with Gasteiger partial charge in [-0.15, -0.1) is 0 Å². The van der Waals surface area contributed by atoms with Crippen molar-refractivity contribution in [3.8, 4) is 0 Å². The monoisotopic (exact) mass is 288 g/mol. The molecule has 120 valence electrons. The number of piperidine rings is 1. The highest BCUT2D eigenvalue weighted by atomic mass is 16.5. The molecule has 1 heterocycles. The van der Waals surface area contributed by atoms with Gasteiger partial charge in [-0.05, 0) is 44.9 Å². The van der Waals surface area contributed by atoms with Crippen LogP contribution in [0.15, 0.2) is 0 Å². The molecule has 1 aliphatic heterocycles. The van der Waals surface area contributed by atoms with E-state index in [1.165, 1.54) is 0 Å². The van der Waals surface area contributed by atoms with Gasteiger partial charge in [-0.1, -0.05) is 32.8 Å². The quantitative estimate of drug-likeness (QED) is 0.552. The molecular weight excluding hydrogens is 254 g/mol. The Balaban J connectivity index is 2.92. The van der Waals surface area contributed by atoms with E-state index in [0.717, 1.165) is 38.5 Å². The van der Waals surface area contributed by atoms with Gasteiger partial charge in [0.25, 0.3) is 0 Å². The van der Waals surface area contributed by atoms with Crippen LogP contribution < -0.4 is 0 Å². The fourth-order valence-electron chi connectivity index (χ4n) is 3.75. The zero-order chi connectivity index (χ0) is 15.2. The van der Waals surface area contributed by atoms with Crippen LogP contribution in [0.2, 0.25) is 0 Å². The van der Waals surface area contributed by atoms with Crippen molar-refractivity contribution in [3.05, 3.63) is 0 Å². The summed E-state index contributed by atoms with van der Waals surface area (Å²) in [5.41, 5.74) is -0.123. The molecule has 20 heavy (non-hydrogen) atoms. The largest absolute Gasteiger partial charge is 0.396 e. The van der Waals surface area contributed by atoms with Gasteiger partial charge in [0, 0.05) is 13.2 Å². The lowest BCUT2D eigenvalue weighted by molar-refractivity contribution is -0.284. The first-order valence-electron chi connectivity index (χ1n) is 8.28. The number of hydrogen-bond acceptors (Lipinski definition) is 3. The van der Waals surface area contributed by atoms with E-state index in [-0.39, 0.29) is 23.8 Å². The van der Waals surface area contributed by atoms with Crippen LogP contribution in [0.25, 0.3) is 0 Å². The predicted molar refractivity (Wildman–Crippen MR) is 82.8 cm³/mol. The van der Waals surface area contributed by atoms with Gasteiger partial charge in [-0.3, -0.25) is 0 Å². The number of ether oxygens (including phenoxy) is 1. The molecule has 0 aromatic heterocycles. The minimum Gasteiger partial charge on any atom is -0.396 e. The standard InChI is InChI=1S/C16H33NO3/c1-5-15(6-2)12-14(20-11-9-10-18)13-16(7-3,8-4)17(15)19/h14,18-19H,5-13H2,1-4H3/p+1. The average Bonchev–Trinajstić information content (AvgIpc) is 2.49. The zero-order valence-electron chi connectivity index (χ0n) is 13.7. The van der Waals surface area contributed by atoms with E-state index in [2.05, 4.69) is 27.7 Å². The Morgan fingerprint density at radius 3 is 1.85 bits per heavy atom. The lowest BCUT2D eigenvalue weighted by atomic mass is 9.72. The second-order valence-corrected chi connectivity index (χ2v) is 6.18. The summed E-state index contributed by atoms with van der Waals surface area (Å²) < 4.78 is 6.02. The lowest BCUT2D eigenvalue weighted by Crippen LogP contribution is -2.64. The molecule has 0 aliphatic carbocycles. The first-order valence-corrected chi connectivity index (χ1v) is 8.28. The molecule has 1 aliphatic rings. The smallest absolute Gasteiger partial charge is 0.0910 e. The minimum atomic E-state index is -0.0614. The molecule has 0 amide bonds. The molecule has 1 fully saturated rings. The minimum absolute atomic E-state index is 0.0614. The topological polar surface area (TPSA) is 55.6 Å². The first kappa shape index (κ1) is 17.9. The van der Waals surface area contributed by atoms with Crippen LogP contribution in [-0.4, -0.2) is 45.8 Å². The summed E-state index contributed by atoms with van der Waals surface area (Å²) in [5.74, 6) is 0. The van der Waals surface area contributed by atoms with Crippen molar-refractivity contribution in [2.45, 2.75) is 89.8 Å². The number of hydrogen-bond donors (Lipinski definition) is 1. The molecule has 4 heteroatoms. The molecule has 1 rings (SSSR count). The maximum absolute atomic E-state index is 8.91. The summed E-state index contributed by atoms with van der Waals surface area (Å²) >= 11 is 0. The number of nitrogens with zero attached hydrogens (tertiary/aromatic N) is 1. The highest BCUT2D eigenvalue weighted by Crippen LogP contribution is 2.45. The Kier molecular flexibility index (Phi) is 6.92. The lowest BCUT2D eigenvalue weighted by Gasteiger charge is -2.52. The van der Waals surface area contributed by atoms with Crippen LogP contribution in [0, 0.1) is 0 Å². The summed E-state index contributed by atoms with van der Waals surface area (Å²) in [5, 5.41) is 19.6. The third-order valence-corrected chi connectivity index (χ3v) is 5.45. The molecular formula is C16H34NO3+. The molecule has 0 spiro atoms. The van der Waals surface area contributed by atoms with Crippen LogP contribution in [0.5, 0.6) is 0 Å². The Morgan fingerprint density at radius 1 is 1.05 bits per heavy atom. The van der Waals surface area contributed by atoms with Crippen LogP contribution in [0.3, 0.4) is 0 Å². The fourth-order valence-corrected chi connectivity index (χ4v) is 3.75. The van der Waals surface area contributed by atoms with Gasteiger partial charge in [0.2, 0.25) is 0 Å². The van der Waals surface area contributed by atoms with E-state index < -0.39 is 0 Å². The SMILES string of the molecule is CCC1(CC)CC(OCCCO)CC(CC)(CC)N1[OH2+]. The molecule has 0 bridgehead atoms. The number of hydroxylamine groups is 2. The number of rotatable bonds is 8. The van der Waals surface area contributed by atoms with Crippen LogP contribution in [-0.2, 0) is 4.74 Å². The van der Waals surface area contributed by atoms with Gasteiger partial charge in [0.1, 0.15) is 0 Å². The van der Waals surface area contributed by atoms with Crippen molar-refractivity contribution in [1.29, 1.82) is 0 Å². The van der Waals surface area contributed by atoms with Crippen molar-refractivity contribution in [2.24, 2.45) is 0 Å². The molecule has 0 aromatic rings. The van der Waals surface area contributed by atoms with E-state index >= 15 is 0 Å². The summed E-state index contributed by atoms with van der Waals surface area (Å²) in [4.78, 5) is 0. The van der Waals surface area contributed by atoms with Crippen molar-refractivity contribution in [1.82, 2.24) is 5.06 Å². The third kappa shape index (κ3) is 3.35. The molecule has 0 radical (unpaired) electrons. The van der Waals surface area contributed by atoms with Gasteiger partial charge in [-0.2, -0.15) is 0 Å². The maximum Gasteiger partial charge on any atom is 0.0910 e. The molecule has 0 saturated carbocycles.